The summed E-state index contributed by atoms with van der Waals surface area (Å²) in [5, 5.41) is 2.22. The van der Waals surface area contributed by atoms with Crippen LogP contribution >= 0.6 is 0 Å². The number of imidazole rings is 1. The van der Waals surface area contributed by atoms with Gasteiger partial charge in [-0.15, -0.1) is 35.2 Å². The molecule has 348 valence electrons. The molecule has 5 nitrogen and oxygen atoms in total. The van der Waals surface area contributed by atoms with Crippen molar-refractivity contribution in [3.63, 3.8) is 0 Å². The van der Waals surface area contributed by atoms with E-state index in [0.717, 1.165) is 44.6 Å². The normalized spacial score (nSPS) is 12.3. The van der Waals surface area contributed by atoms with E-state index >= 15 is 0 Å². The zero-order chi connectivity index (χ0) is 47.4. The van der Waals surface area contributed by atoms with Gasteiger partial charge in [0.05, 0.1) is 5.69 Å². The standard InChI is InChI=1S/C63H58N4O.Pt/c1-60(2,3)47-31-32-64-59(40-47)67-57-28-20-19-27-55(57)56-30-29-53(42-58(56)67)68-54-39-50(63(8,9)46-25-17-12-18-26-46)38-52(41-54)66-34-33-65(43-66)51-36-48(61(4,5)44-21-13-10-14-22-44)35-49(37-51)62(6,7)45-23-15-11-16-24-45;/h10-40H,1-9H3;/q-2;. The molecule has 3 aromatic heterocycles. The number of ether oxygens (including phenoxy) is 1. The maximum Gasteiger partial charge on any atom is 0.267 e. The minimum absolute atomic E-state index is 0. The van der Waals surface area contributed by atoms with Crippen molar-refractivity contribution in [3.8, 4) is 28.7 Å². The molecular weight excluding hydrogens is 1020 g/mol. The zero-order valence-electron chi connectivity index (χ0n) is 40.9. The Labute approximate surface area is 422 Å². The Bertz CT molecular complexity index is 3360. The van der Waals surface area contributed by atoms with Gasteiger partial charge in [-0.2, -0.15) is 12.1 Å². The zero-order valence-corrected chi connectivity index (χ0v) is 43.2. The van der Waals surface area contributed by atoms with E-state index < -0.39 is 0 Å². The van der Waals surface area contributed by atoms with E-state index in [9.17, 15) is 0 Å². The second-order valence-electron chi connectivity index (χ2n) is 20.7. The van der Waals surface area contributed by atoms with Gasteiger partial charge in [0.15, 0.2) is 0 Å². The SMILES string of the molecule is CC(C)(C)c1ccnc(-n2c3[c-]c(Oc4[c-]c(-n5[c-][n+](-c6cc(C(C)(C)c7ccccc7)cc(C(C)(C)c7ccccc7)c6)cc5)cc(C(C)(C)c5ccccc5)c4)ccc3c3ccccc32)c1.[Pt]. The van der Waals surface area contributed by atoms with Gasteiger partial charge >= 0.3 is 0 Å². The maximum atomic E-state index is 6.89. The fraction of sp³-hybridized carbons (Fsp3) is 0.206. The summed E-state index contributed by atoms with van der Waals surface area (Å²) < 4.78 is 13.2. The first kappa shape index (κ1) is 47.3. The predicted molar refractivity (Wildman–Crippen MR) is 277 cm³/mol. The molecule has 10 aromatic rings. The van der Waals surface area contributed by atoms with Crippen LogP contribution in [0.25, 0.3) is 39.0 Å². The van der Waals surface area contributed by atoms with Gasteiger partial charge in [0.1, 0.15) is 5.82 Å². The van der Waals surface area contributed by atoms with Crippen LogP contribution in [-0.4, -0.2) is 14.1 Å². The van der Waals surface area contributed by atoms with Crippen LogP contribution in [-0.2, 0) is 42.7 Å². The molecule has 3 heterocycles. The second-order valence-corrected chi connectivity index (χ2v) is 20.7. The van der Waals surface area contributed by atoms with Crippen LogP contribution in [0.15, 0.2) is 188 Å². The number of rotatable bonds is 11. The van der Waals surface area contributed by atoms with Gasteiger partial charge in [-0.05, 0) is 85.6 Å². The molecule has 0 N–H and O–H groups in total. The molecule has 0 saturated heterocycles. The Balaban J connectivity index is 0.00000593. The third kappa shape index (κ3) is 9.02. The summed E-state index contributed by atoms with van der Waals surface area (Å²) in [4.78, 5) is 4.89. The molecule has 7 aromatic carbocycles. The minimum Gasteiger partial charge on any atom is -0.510 e. The Morgan fingerprint density at radius 2 is 1.04 bits per heavy atom. The summed E-state index contributed by atoms with van der Waals surface area (Å²) in [6, 6.07) is 67.8. The summed E-state index contributed by atoms with van der Waals surface area (Å²) in [7, 11) is 0. The van der Waals surface area contributed by atoms with Gasteiger partial charge in [0.25, 0.3) is 6.33 Å². The van der Waals surface area contributed by atoms with Crippen molar-refractivity contribution in [2.75, 3.05) is 0 Å². The summed E-state index contributed by atoms with van der Waals surface area (Å²) in [5.41, 5.74) is 11.3. The molecule has 0 saturated carbocycles. The van der Waals surface area contributed by atoms with Gasteiger partial charge in [-0.25, -0.2) is 4.98 Å². The molecule has 0 atom stereocenters. The average molecular weight is 1080 g/mol. The molecule has 69 heavy (non-hydrogen) atoms. The maximum absolute atomic E-state index is 6.89. The van der Waals surface area contributed by atoms with E-state index in [1.807, 2.05) is 16.8 Å². The van der Waals surface area contributed by atoms with Gasteiger partial charge < -0.3 is 13.9 Å². The van der Waals surface area contributed by atoms with E-state index in [-0.39, 0.29) is 42.7 Å². The fourth-order valence-corrected chi connectivity index (χ4v) is 9.50. The molecule has 0 bridgehead atoms. The van der Waals surface area contributed by atoms with Crippen LogP contribution in [0, 0.1) is 18.5 Å². The van der Waals surface area contributed by atoms with Crippen molar-refractivity contribution in [3.05, 3.63) is 246 Å². The van der Waals surface area contributed by atoms with Crippen molar-refractivity contribution in [2.45, 2.75) is 84.0 Å². The molecule has 0 aliphatic rings. The first-order valence-corrected chi connectivity index (χ1v) is 23.6. The summed E-state index contributed by atoms with van der Waals surface area (Å²) >= 11 is 0. The number of pyridine rings is 1. The van der Waals surface area contributed by atoms with Gasteiger partial charge in [-0.1, -0.05) is 183 Å². The van der Waals surface area contributed by atoms with Crippen LogP contribution in [0.3, 0.4) is 0 Å². The molecular formula is C63H58N4OPt-2. The number of benzene rings is 7. The monoisotopic (exact) mass is 1080 g/mol. The average Bonchev–Trinajstić information content (AvgIpc) is 3.98. The van der Waals surface area contributed by atoms with Gasteiger partial charge in [0.2, 0.25) is 0 Å². The Hall–Kier alpha value is -6.81. The molecule has 6 heteroatoms. The summed E-state index contributed by atoms with van der Waals surface area (Å²) in [6.45, 7) is 20.5. The quantitative estimate of drug-likeness (QED) is 0.0956. The fourth-order valence-electron chi connectivity index (χ4n) is 9.50. The Kier molecular flexibility index (Phi) is 12.5. The van der Waals surface area contributed by atoms with Crippen molar-refractivity contribution >= 4 is 21.8 Å². The van der Waals surface area contributed by atoms with Crippen molar-refractivity contribution in [2.24, 2.45) is 0 Å². The Morgan fingerprint density at radius 1 is 0.493 bits per heavy atom. The Morgan fingerprint density at radius 3 is 1.62 bits per heavy atom. The minimum atomic E-state index is -0.370. The van der Waals surface area contributed by atoms with Crippen molar-refractivity contribution in [1.29, 1.82) is 0 Å². The number of nitrogens with zero attached hydrogens (tertiary/aromatic N) is 4. The third-order valence-corrected chi connectivity index (χ3v) is 14.1. The van der Waals surface area contributed by atoms with Crippen LogP contribution in [0.4, 0.5) is 0 Å². The van der Waals surface area contributed by atoms with E-state index in [1.165, 1.54) is 33.4 Å². The summed E-state index contributed by atoms with van der Waals surface area (Å²) in [5.74, 6) is 2.02. The van der Waals surface area contributed by atoms with Crippen molar-refractivity contribution in [1.82, 2.24) is 14.1 Å². The predicted octanol–water partition coefficient (Wildman–Crippen LogP) is 14.7. The number of fused-ring (bicyclic) bond motifs is 3. The molecule has 0 radical (unpaired) electrons. The molecule has 0 aliphatic carbocycles. The van der Waals surface area contributed by atoms with E-state index in [2.05, 4.69) is 266 Å². The molecule has 0 fully saturated rings. The molecule has 0 unspecified atom stereocenters. The topological polar surface area (TPSA) is 35.9 Å². The smallest absolute Gasteiger partial charge is 0.267 e. The van der Waals surface area contributed by atoms with Crippen LogP contribution in [0.5, 0.6) is 11.5 Å². The number of hydrogen-bond donors (Lipinski definition) is 0. The number of hydrogen-bond acceptors (Lipinski definition) is 2. The number of aromatic nitrogens is 4. The van der Waals surface area contributed by atoms with Crippen LogP contribution in [0.1, 0.15) is 101 Å². The molecule has 0 spiro atoms. The third-order valence-electron chi connectivity index (χ3n) is 14.1. The van der Waals surface area contributed by atoms with E-state index in [1.54, 1.807) is 0 Å². The van der Waals surface area contributed by atoms with E-state index in [0.29, 0.717) is 11.5 Å². The molecule has 0 amide bonds. The molecule has 10 rings (SSSR count). The van der Waals surface area contributed by atoms with Gasteiger partial charge in [-0.3, -0.25) is 4.57 Å². The number of para-hydroxylation sites is 1. The van der Waals surface area contributed by atoms with Crippen molar-refractivity contribution < 1.29 is 30.4 Å². The van der Waals surface area contributed by atoms with Crippen LogP contribution < -0.4 is 9.30 Å². The van der Waals surface area contributed by atoms with E-state index in [4.69, 9.17) is 9.72 Å². The van der Waals surface area contributed by atoms with Gasteiger partial charge in [0, 0.05) is 67.5 Å². The van der Waals surface area contributed by atoms with Crippen LogP contribution in [0.2, 0.25) is 0 Å². The molecule has 0 aliphatic heterocycles. The first-order chi connectivity index (χ1) is 32.6. The second kappa shape index (κ2) is 18.3. The summed E-state index contributed by atoms with van der Waals surface area (Å²) in [6.07, 6.45) is 9.75. The largest absolute Gasteiger partial charge is 0.510 e. The first-order valence-electron chi connectivity index (χ1n) is 23.6.